The Kier molecular flexibility index (Phi) is 7.10. The summed E-state index contributed by atoms with van der Waals surface area (Å²) in [6.45, 7) is 4.78. The van der Waals surface area contributed by atoms with E-state index in [-0.39, 0.29) is 12.3 Å². The van der Waals surface area contributed by atoms with Crippen LogP contribution in [0.2, 0.25) is 0 Å². The number of rotatable bonds is 8. The van der Waals surface area contributed by atoms with Crippen LogP contribution in [0.15, 0.2) is 42.5 Å². The predicted octanol–water partition coefficient (Wildman–Crippen LogP) is 5.07. The summed E-state index contributed by atoms with van der Waals surface area (Å²) in [5.74, 6) is 0.999. The van der Waals surface area contributed by atoms with Crippen molar-refractivity contribution < 1.29 is 27.4 Å². The van der Waals surface area contributed by atoms with Gasteiger partial charge in [-0.15, -0.1) is 0 Å². The van der Waals surface area contributed by atoms with Gasteiger partial charge in [0.15, 0.2) is 11.5 Å². The molecule has 0 saturated carbocycles. The molecule has 2 aromatic rings. The number of amides is 1. The van der Waals surface area contributed by atoms with Crippen LogP contribution in [0.25, 0.3) is 0 Å². The topological polar surface area (TPSA) is 47.6 Å². The molecular weight excluding hydrogens is 359 g/mol. The number of ether oxygens (including phenoxy) is 2. The van der Waals surface area contributed by atoms with Gasteiger partial charge in [0.05, 0.1) is 18.8 Å². The molecule has 27 heavy (non-hydrogen) atoms. The molecule has 0 spiro atoms. The Morgan fingerprint density at radius 3 is 2.19 bits per heavy atom. The highest BCUT2D eigenvalue weighted by molar-refractivity contribution is 5.90. The lowest BCUT2D eigenvalue weighted by atomic mass is 10.1. The monoisotopic (exact) mass is 381 g/mol. The average Bonchev–Trinajstić information content (AvgIpc) is 2.62. The van der Waals surface area contributed by atoms with Crippen LogP contribution >= 0.6 is 0 Å². The zero-order valence-corrected chi connectivity index (χ0v) is 15.2. The van der Waals surface area contributed by atoms with Gasteiger partial charge in [-0.2, -0.15) is 13.2 Å². The second kappa shape index (κ2) is 9.30. The normalized spacial score (nSPS) is 11.1. The lowest BCUT2D eigenvalue weighted by Gasteiger charge is -2.12. The van der Waals surface area contributed by atoms with Gasteiger partial charge in [-0.05, 0) is 62.2 Å². The zero-order valence-electron chi connectivity index (χ0n) is 15.2. The molecule has 0 aliphatic rings. The molecule has 1 amide bonds. The van der Waals surface area contributed by atoms with Gasteiger partial charge in [0.25, 0.3) is 0 Å². The van der Waals surface area contributed by atoms with Crippen LogP contribution in [0.4, 0.5) is 18.9 Å². The molecule has 0 atom stereocenters. The number of carbonyl (C=O) groups is 1. The van der Waals surface area contributed by atoms with Crippen LogP contribution in [0.3, 0.4) is 0 Å². The highest BCUT2D eigenvalue weighted by Gasteiger charge is 2.29. The van der Waals surface area contributed by atoms with E-state index >= 15 is 0 Å². The fourth-order valence-electron chi connectivity index (χ4n) is 2.47. The largest absolute Gasteiger partial charge is 0.490 e. The molecule has 0 aliphatic heterocycles. The second-order valence-corrected chi connectivity index (χ2v) is 5.77. The van der Waals surface area contributed by atoms with Crippen molar-refractivity contribution in [2.24, 2.45) is 0 Å². The predicted molar refractivity (Wildman–Crippen MR) is 97.2 cm³/mol. The quantitative estimate of drug-likeness (QED) is 0.694. The van der Waals surface area contributed by atoms with Crippen LogP contribution in [0, 0.1) is 0 Å². The standard InChI is InChI=1S/C20H22F3NO3/c1-3-26-17-11-5-14(13-18(17)27-4-2)6-12-19(25)24-16-9-7-15(8-10-16)20(21,22)23/h5,7-11,13H,3-4,6,12H2,1-2H3,(H,24,25). The Hall–Kier alpha value is -2.70. The molecule has 0 fully saturated rings. The minimum atomic E-state index is -4.39. The summed E-state index contributed by atoms with van der Waals surface area (Å²) in [7, 11) is 0. The van der Waals surface area contributed by atoms with Gasteiger partial charge in [-0.25, -0.2) is 0 Å². The number of aryl methyl sites for hydroxylation is 1. The summed E-state index contributed by atoms with van der Waals surface area (Å²) >= 11 is 0. The van der Waals surface area contributed by atoms with Crippen LogP contribution in [0.1, 0.15) is 31.4 Å². The van der Waals surface area contributed by atoms with Gasteiger partial charge in [0, 0.05) is 12.1 Å². The number of nitrogens with one attached hydrogen (secondary N) is 1. The molecule has 146 valence electrons. The summed E-state index contributed by atoms with van der Waals surface area (Å²) in [6.07, 6.45) is -3.73. The summed E-state index contributed by atoms with van der Waals surface area (Å²) in [4.78, 5) is 12.1. The minimum absolute atomic E-state index is 0.195. The number of carbonyl (C=O) groups excluding carboxylic acids is 1. The third-order valence-corrected chi connectivity index (χ3v) is 3.74. The van der Waals surface area contributed by atoms with Crippen molar-refractivity contribution >= 4 is 11.6 Å². The number of hydrogen-bond acceptors (Lipinski definition) is 3. The van der Waals surface area contributed by atoms with Crippen LogP contribution in [-0.2, 0) is 17.4 Å². The Balaban J connectivity index is 1.94. The molecular formula is C20H22F3NO3. The number of alkyl halides is 3. The van der Waals surface area contributed by atoms with Crippen molar-refractivity contribution in [1.82, 2.24) is 0 Å². The Morgan fingerprint density at radius 2 is 1.59 bits per heavy atom. The van der Waals surface area contributed by atoms with Crippen LogP contribution in [-0.4, -0.2) is 19.1 Å². The highest BCUT2D eigenvalue weighted by Crippen LogP contribution is 2.30. The van der Waals surface area contributed by atoms with Crippen molar-refractivity contribution in [3.63, 3.8) is 0 Å². The molecule has 7 heteroatoms. The second-order valence-electron chi connectivity index (χ2n) is 5.77. The molecule has 0 heterocycles. The van der Waals surface area contributed by atoms with E-state index in [0.717, 1.165) is 17.7 Å². The summed E-state index contributed by atoms with van der Waals surface area (Å²) in [5, 5.41) is 2.60. The van der Waals surface area contributed by atoms with E-state index in [2.05, 4.69) is 5.32 Å². The zero-order chi connectivity index (χ0) is 19.9. The molecule has 2 rings (SSSR count). The fourth-order valence-corrected chi connectivity index (χ4v) is 2.47. The molecule has 0 bridgehead atoms. The maximum absolute atomic E-state index is 12.5. The van der Waals surface area contributed by atoms with Crippen LogP contribution in [0.5, 0.6) is 11.5 Å². The first-order valence-corrected chi connectivity index (χ1v) is 8.69. The van der Waals surface area contributed by atoms with Crippen molar-refractivity contribution in [1.29, 1.82) is 0 Å². The van der Waals surface area contributed by atoms with Gasteiger partial charge >= 0.3 is 6.18 Å². The van der Waals surface area contributed by atoms with Gasteiger partial charge in [-0.3, -0.25) is 4.79 Å². The molecule has 0 unspecified atom stereocenters. The molecule has 2 aromatic carbocycles. The number of hydrogen-bond donors (Lipinski definition) is 1. The van der Waals surface area contributed by atoms with E-state index < -0.39 is 11.7 Å². The van der Waals surface area contributed by atoms with E-state index in [9.17, 15) is 18.0 Å². The maximum atomic E-state index is 12.5. The number of anilines is 1. The molecule has 4 nitrogen and oxygen atoms in total. The van der Waals surface area contributed by atoms with E-state index in [0.29, 0.717) is 36.8 Å². The highest BCUT2D eigenvalue weighted by atomic mass is 19.4. The van der Waals surface area contributed by atoms with Crippen molar-refractivity contribution in [2.75, 3.05) is 18.5 Å². The maximum Gasteiger partial charge on any atom is 0.416 e. The van der Waals surface area contributed by atoms with Gasteiger partial charge in [0.2, 0.25) is 5.91 Å². The summed E-state index contributed by atoms with van der Waals surface area (Å²) < 4.78 is 48.7. The molecule has 0 aromatic heterocycles. The summed E-state index contributed by atoms with van der Waals surface area (Å²) in [5.41, 5.74) is 0.484. The first-order chi connectivity index (χ1) is 12.8. The first kappa shape index (κ1) is 20.6. The fraction of sp³-hybridized carbons (Fsp3) is 0.350. The van der Waals surface area contributed by atoms with Crippen molar-refractivity contribution in [3.8, 4) is 11.5 Å². The lowest BCUT2D eigenvalue weighted by Crippen LogP contribution is -2.13. The molecule has 0 saturated heterocycles. The molecule has 1 N–H and O–H groups in total. The van der Waals surface area contributed by atoms with Gasteiger partial charge in [0.1, 0.15) is 0 Å². The Labute approximate surface area is 156 Å². The van der Waals surface area contributed by atoms with Gasteiger partial charge < -0.3 is 14.8 Å². The third kappa shape index (κ3) is 6.20. The van der Waals surface area contributed by atoms with E-state index in [4.69, 9.17) is 9.47 Å². The average molecular weight is 381 g/mol. The number of benzene rings is 2. The smallest absolute Gasteiger partial charge is 0.416 e. The third-order valence-electron chi connectivity index (χ3n) is 3.74. The molecule has 0 radical (unpaired) electrons. The van der Waals surface area contributed by atoms with Crippen LogP contribution < -0.4 is 14.8 Å². The lowest BCUT2D eigenvalue weighted by molar-refractivity contribution is -0.137. The van der Waals surface area contributed by atoms with E-state index in [1.807, 2.05) is 26.0 Å². The minimum Gasteiger partial charge on any atom is -0.490 e. The van der Waals surface area contributed by atoms with Crippen molar-refractivity contribution in [2.45, 2.75) is 32.9 Å². The Bertz CT molecular complexity index is 758. The Morgan fingerprint density at radius 1 is 0.963 bits per heavy atom. The van der Waals surface area contributed by atoms with Crippen molar-refractivity contribution in [3.05, 3.63) is 53.6 Å². The molecule has 0 aliphatic carbocycles. The van der Waals surface area contributed by atoms with E-state index in [1.165, 1.54) is 12.1 Å². The first-order valence-electron chi connectivity index (χ1n) is 8.69. The van der Waals surface area contributed by atoms with E-state index in [1.54, 1.807) is 6.07 Å². The van der Waals surface area contributed by atoms with Gasteiger partial charge in [-0.1, -0.05) is 6.07 Å². The SMILES string of the molecule is CCOc1ccc(CCC(=O)Nc2ccc(C(F)(F)F)cc2)cc1OCC. The number of halogens is 3. The summed E-state index contributed by atoms with van der Waals surface area (Å²) in [6, 6.07) is 9.86.